The molecule has 0 unspecified atom stereocenters. The molecule has 0 radical (unpaired) electrons. The van der Waals surface area contributed by atoms with Crippen molar-refractivity contribution in [1.29, 1.82) is 0 Å². The van der Waals surface area contributed by atoms with E-state index in [1.54, 1.807) is 6.20 Å². The van der Waals surface area contributed by atoms with E-state index in [0.717, 1.165) is 32.5 Å². The van der Waals surface area contributed by atoms with Crippen LogP contribution in [0.5, 0.6) is 0 Å². The van der Waals surface area contributed by atoms with Crippen LogP contribution >= 0.6 is 24.8 Å². The van der Waals surface area contributed by atoms with Gasteiger partial charge < -0.3 is 16.2 Å². The third-order valence-corrected chi connectivity index (χ3v) is 5.01. The Bertz CT molecular complexity index is 517. The maximum Gasteiger partial charge on any atom is 0.223 e. The second kappa shape index (κ2) is 10.3. The van der Waals surface area contributed by atoms with Gasteiger partial charge in [0.2, 0.25) is 5.91 Å². The Kier molecular flexibility index (Phi) is 9.10. The van der Waals surface area contributed by atoms with Gasteiger partial charge in [0.25, 0.3) is 0 Å². The molecule has 2 fully saturated rings. The van der Waals surface area contributed by atoms with Gasteiger partial charge in [-0.25, -0.2) is 0 Å². The average molecular weight is 391 g/mol. The predicted molar refractivity (Wildman–Crippen MR) is 102 cm³/mol. The van der Waals surface area contributed by atoms with Gasteiger partial charge in [0, 0.05) is 50.0 Å². The summed E-state index contributed by atoms with van der Waals surface area (Å²) in [5.41, 5.74) is 7.02. The Morgan fingerprint density at radius 2 is 2.04 bits per heavy atom. The predicted octanol–water partition coefficient (Wildman–Crippen LogP) is 1.10. The third-order valence-electron chi connectivity index (χ3n) is 5.01. The Balaban J connectivity index is 0.00000156. The van der Waals surface area contributed by atoms with Crippen LogP contribution in [0.4, 0.5) is 0 Å². The highest BCUT2D eigenvalue weighted by Gasteiger charge is 2.35. The van der Waals surface area contributed by atoms with Gasteiger partial charge in [0.15, 0.2) is 0 Å². The highest BCUT2D eigenvalue weighted by atomic mass is 35.5. The molecule has 3 atom stereocenters. The fraction of sp³-hybridized carbons (Fsp3) is 0.647. The molecule has 4 N–H and O–H groups in total. The Hall–Kier alpha value is -0.920. The van der Waals surface area contributed by atoms with Crippen LogP contribution in [0, 0.1) is 5.92 Å². The van der Waals surface area contributed by atoms with E-state index in [0.29, 0.717) is 12.8 Å². The Morgan fingerprint density at radius 1 is 1.32 bits per heavy atom. The number of piperidine rings is 1. The lowest BCUT2D eigenvalue weighted by Crippen LogP contribution is -2.46. The fourth-order valence-electron chi connectivity index (χ4n) is 3.57. The van der Waals surface area contributed by atoms with Crippen molar-refractivity contribution in [2.75, 3.05) is 13.1 Å². The van der Waals surface area contributed by atoms with Crippen LogP contribution in [0.2, 0.25) is 0 Å². The van der Waals surface area contributed by atoms with E-state index in [1.165, 1.54) is 5.56 Å². The first-order valence-electron chi connectivity index (χ1n) is 8.47. The molecule has 1 aliphatic heterocycles. The Morgan fingerprint density at radius 3 is 2.60 bits per heavy atom. The summed E-state index contributed by atoms with van der Waals surface area (Å²) in [4.78, 5) is 18.8. The van der Waals surface area contributed by atoms with E-state index in [-0.39, 0.29) is 48.7 Å². The molecule has 0 bridgehead atoms. The van der Waals surface area contributed by atoms with Crippen LogP contribution in [0.15, 0.2) is 24.5 Å². The summed E-state index contributed by atoms with van der Waals surface area (Å²) in [7, 11) is 0. The number of nitrogens with zero attached hydrogens (tertiary/aromatic N) is 2. The van der Waals surface area contributed by atoms with Crippen molar-refractivity contribution >= 4 is 30.7 Å². The van der Waals surface area contributed by atoms with Crippen molar-refractivity contribution in [3.8, 4) is 0 Å². The summed E-state index contributed by atoms with van der Waals surface area (Å²) in [6.45, 7) is 2.87. The first-order valence-corrected chi connectivity index (χ1v) is 8.47. The normalized spacial score (nSPS) is 27.2. The number of aliphatic hydroxyl groups is 1. The molecule has 1 aromatic rings. The van der Waals surface area contributed by atoms with Crippen LogP contribution in [0.25, 0.3) is 0 Å². The number of halogens is 2. The maximum atomic E-state index is 12.3. The zero-order valence-corrected chi connectivity index (χ0v) is 15.8. The number of likely N-dealkylation sites (tertiary alicyclic amines) is 1. The zero-order chi connectivity index (χ0) is 16.2. The molecular formula is C17H28Cl2N4O2. The molecule has 3 rings (SSSR count). The number of amides is 1. The number of rotatable bonds is 4. The molecule has 1 saturated heterocycles. The van der Waals surface area contributed by atoms with Crippen molar-refractivity contribution in [3.63, 3.8) is 0 Å². The summed E-state index contributed by atoms with van der Waals surface area (Å²) >= 11 is 0. The minimum atomic E-state index is -0.535. The molecular weight excluding hydrogens is 363 g/mol. The summed E-state index contributed by atoms with van der Waals surface area (Å²) in [5, 5.41) is 12.8. The molecule has 1 amide bonds. The van der Waals surface area contributed by atoms with Gasteiger partial charge in [-0.1, -0.05) is 6.07 Å². The highest BCUT2D eigenvalue weighted by Crippen LogP contribution is 2.25. The minimum absolute atomic E-state index is 0. The number of carbonyl (C=O) groups is 1. The Labute approximate surface area is 161 Å². The van der Waals surface area contributed by atoms with Crippen LogP contribution < -0.4 is 11.1 Å². The van der Waals surface area contributed by atoms with Crippen LogP contribution in [0.3, 0.4) is 0 Å². The second-order valence-electron chi connectivity index (χ2n) is 6.82. The summed E-state index contributed by atoms with van der Waals surface area (Å²) in [5.74, 6) is -0.0730. The molecule has 6 nitrogen and oxygen atoms in total. The van der Waals surface area contributed by atoms with E-state index in [2.05, 4.69) is 21.3 Å². The van der Waals surface area contributed by atoms with Gasteiger partial charge in [0.1, 0.15) is 0 Å². The van der Waals surface area contributed by atoms with Crippen LogP contribution in [0.1, 0.15) is 31.2 Å². The lowest BCUT2D eigenvalue weighted by Gasteiger charge is -2.32. The van der Waals surface area contributed by atoms with Gasteiger partial charge in [-0.2, -0.15) is 0 Å². The molecule has 1 aromatic heterocycles. The maximum absolute atomic E-state index is 12.3. The van der Waals surface area contributed by atoms with Gasteiger partial charge in [-0.3, -0.25) is 14.7 Å². The topological polar surface area (TPSA) is 91.5 Å². The van der Waals surface area contributed by atoms with E-state index >= 15 is 0 Å². The number of hydrogen-bond donors (Lipinski definition) is 3. The summed E-state index contributed by atoms with van der Waals surface area (Å²) in [6, 6.07) is 4.03. The molecule has 0 spiro atoms. The van der Waals surface area contributed by atoms with Gasteiger partial charge in [0.05, 0.1) is 6.10 Å². The highest BCUT2D eigenvalue weighted by molar-refractivity contribution is 5.85. The lowest BCUT2D eigenvalue weighted by molar-refractivity contribution is -0.126. The number of nitrogens with two attached hydrogens (primary N) is 1. The number of nitrogens with one attached hydrogen (secondary N) is 1. The van der Waals surface area contributed by atoms with E-state index < -0.39 is 6.10 Å². The number of aliphatic hydroxyl groups excluding tert-OH is 1. The van der Waals surface area contributed by atoms with Crippen LogP contribution in [-0.4, -0.2) is 52.2 Å². The van der Waals surface area contributed by atoms with Gasteiger partial charge in [-0.05, 0) is 37.3 Å². The third kappa shape index (κ3) is 6.08. The number of pyridine rings is 1. The standard InChI is InChI=1S/C17H26N4O2.2ClH/c18-15-8-13(9-16(15)22)17(23)20-14-3-6-21(7-4-14)11-12-2-1-5-19-10-12;;/h1-2,5,10,13-16,22H,3-4,6-9,11,18H2,(H,20,23);2*1H/t13-,15+,16+;;/m0../s1. The molecule has 2 aliphatic rings. The lowest BCUT2D eigenvalue weighted by atomic mass is 10.0. The molecule has 1 aliphatic carbocycles. The zero-order valence-electron chi connectivity index (χ0n) is 14.2. The van der Waals surface area contributed by atoms with Crippen LogP contribution in [-0.2, 0) is 11.3 Å². The summed E-state index contributed by atoms with van der Waals surface area (Å²) in [6.07, 6.45) is 6.17. The van der Waals surface area contributed by atoms with E-state index in [1.807, 2.05) is 12.3 Å². The first kappa shape index (κ1) is 22.1. The molecule has 142 valence electrons. The van der Waals surface area contributed by atoms with E-state index in [4.69, 9.17) is 5.73 Å². The number of carbonyl (C=O) groups excluding carboxylic acids is 1. The second-order valence-corrected chi connectivity index (χ2v) is 6.82. The first-order chi connectivity index (χ1) is 11.1. The smallest absolute Gasteiger partial charge is 0.223 e. The average Bonchev–Trinajstić information content (AvgIpc) is 2.90. The molecule has 0 aromatic carbocycles. The summed E-state index contributed by atoms with van der Waals surface area (Å²) < 4.78 is 0. The molecule has 2 heterocycles. The molecule has 8 heteroatoms. The van der Waals surface area contributed by atoms with Crippen molar-refractivity contribution < 1.29 is 9.90 Å². The van der Waals surface area contributed by atoms with Crippen molar-refractivity contribution in [1.82, 2.24) is 15.2 Å². The fourth-order valence-corrected chi connectivity index (χ4v) is 3.57. The SMILES string of the molecule is Cl.Cl.N[C@@H]1C[C@H](C(=O)NC2CCN(Cc3cccnc3)CC2)C[C@H]1O. The van der Waals surface area contributed by atoms with Gasteiger partial charge in [-0.15, -0.1) is 24.8 Å². The minimum Gasteiger partial charge on any atom is -0.391 e. The van der Waals surface area contributed by atoms with Gasteiger partial charge >= 0.3 is 0 Å². The van der Waals surface area contributed by atoms with Crippen molar-refractivity contribution in [2.24, 2.45) is 11.7 Å². The quantitative estimate of drug-likeness (QED) is 0.715. The van der Waals surface area contributed by atoms with E-state index in [9.17, 15) is 9.90 Å². The van der Waals surface area contributed by atoms with Crippen molar-refractivity contribution in [3.05, 3.63) is 30.1 Å². The number of aromatic nitrogens is 1. The molecule has 25 heavy (non-hydrogen) atoms. The van der Waals surface area contributed by atoms with Crippen molar-refractivity contribution in [2.45, 2.75) is 50.4 Å². The molecule has 1 saturated carbocycles. The number of hydrogen-bond acceptors (Lipinski definition) is 5. The largest absolute Gasteiger partial charge is 0.391 e. The monoisotopic (exact) mass is 390 g/mol.